The molecule has 0 amide bonds. The van der Waals surface area contributed by atoms with E-state index in [4.69, 9.17) is 14.0 Å². The average molecular weight is 346 g/mol. The minimum Gasteiger partial charge on any atom is -0.489 e. The molecule has 1 fully saturated rings. The van der Waals surface area contributed by atoms with Crippen LogP contribution in [0.15, 0.2) is 66.7 Å². The normalized spacial score (nSPS) is 16.6. The van der Waals surface area contributed by atoms with E-state index in [-0.39, 0.29) is 5.41 Å². The predicted octanol–water partition coefficient (Wildman–Crippen LogP) is 4.19. The minimum atomic E-state index is -0.403. The summed E-state index contributed by atoms with van der Waals surface area (Å²) in [6.07, 6.45) is 0. The number of rotatable bonds is 4. The van der Waals surface area contributed by atoms with Crippen molar-refractivity contribution < 1.29 is 14.0 Å². The van der Waals surface area contributed by atoms with Crippen molar-refractivity contribution in [1.29, 1.82) is 0 Å². The van der Waals surface area contributed by atoms with E-state index in [9.17, 15) is 0 Å². The zero-order valence-corrected chi connectivity index (χ0v) is 15.3. The van der Waals surface area contributed by atoms with E-state index in [1.165, 1.54) is 0 Å². The molecule has 4 heteroatoms. The Balaban J connectivity index is 1.68. The Morgan fingerprint density at radius 2 is 1.58 bits per heavy atom. The summed E-state index contributed by atoms with van der Waals surface area (Å²) in [4.78, 5) is 0. The zero-order chi connectivity index (χ0) is 18.0. The molecule has 0 saturated carbocycles. The van der Waals surface area contributed by atoms with Gasteiger partial charge in [-0.25, -0.2) is 0 Å². The Morgan fingerprint density at radius 1 is 0.885 bits per heavy atom. The molecular formula is C22H23BO3. The molecule has 3 nitrogen and oxygen atoms in total. The monoisotopic (exact) mass is 346 g/mol. The highest BCUT2D eigenvalue weighted by molar-refractivity contribution is 6.65. The van der Waals surface area contributed by atoms with E-state index in [2.05, 4.69) is 44.2 Å². The summed E-state index contributed by atoms with van der Waals surface area (Å²) in [6, 6.07) is 22.6. The fourth-order valence-corrected chi connectivity index (χ4v) is 3.24. The molecule has 3 aromatic carbocycles. The summed E-state index contributed by atoms with van der Waals surface area (Å²) >= 11 is 0. The number of benzene rings is 3. The predicted molar refractivity (Wildman–Crippen MR) is 106 cm³/mol. The zero-order valence-electron chi connectivity index (χ0n) is 15.3. The van der Waals surface area contributed by atoms with E-state index in [0.717, 1.165) is 27.5 Å². The van der Waals surface area contributed by atoms with Gasteiger partial charge >= 0.3 is 7.12 Å². The van der Waals surface area contributed by atoms with Crippen molar-refractivity contribution in [3.63, 3.8) is 0 Å². The Kier molecular flexibility index (Phi) is 4.71. The van der Waals surface area contributed by atoms with E-state index in [1.807, 2.05) is 36.4 Å². The standard InChI is InChI=1S/C22H23BO3/c1-22(2)15-25-23(26-16-22)21-19-11-7-6-10-18(19)12-13-20(21)24-14-17-8-4-3-5-9-17/h3-13H,14-16H2,1-2H3. The molecule has 26 heavy (non-hydrogen) atoms. The maximum absolute atomic E-state index is 6.18. The minimum absolute atomic E-state index is 0.0339. The summed E-state index contributed by atoms with van der Waals surface area (Å²) in [6.45, 7) is 6.15. The van der Waals surface area contributed by atoms with Crippen LogP contribution in [0.2, 0.25) is 0 Å². The largest absolute Gasteiger partial charge is 0.498 e. The van der Waals surface area contributed by atoms with Crippen LogP contribution in [0.5, 0.6) is 5.75 Å². The van der Waals surface area contributed by atoms with Crippen LogP contribution < -0.4 is 10.2 Å². The second-order valence-electron chi connectivity index (χ2n) is 7.59. The van der Waals surface area contributed by atoms with Crippen molar-refractivity contribution in [2.75, 3.05) is 13.2 Å². The molecule has 1 aliphatic rings. The summed E-state index contributed by atoms with van der Waals surface area (Å²) in [5.41, 5.74) is 2.15. The van der Waals surface area contributed by atoms with Gasteiger partial charge in [-0.1, -0.05) is 74.5 Å². The highest BCUT2D eigenvalue weighted by atomic mass is 16.6. The smallest absolute Gasteiger partial charge is 0.489 e. The molecule has 0 aromatic heterocycles. The van der Waals surface area contributed by atoms with Gasteiger partial charge in [0.15, 0.2) is 0 Å². The van der Waals surface area contributed by atoms with Gasteiger partial charge in [0.05, 0.1) is 0 Å². The molecule has 1 heterocycles. The third-order valence-electron chi connectivity index (χ3n) is 4.65. The van der Waals surface area contributed by atoms with Crippen molar-refractivity contribution in [3.8, 4) is 5.75 Å². The van der Waals surface area contributed by atoms with E-state index in [1.54, 1.807) is 0 Å². The molecule has 1 aliphatic heterocycles. The van der Waals surface area contributed by atoms with E-state index < -0.39 is 7.12 Å². The van der Waals surface area contributed by atoms with Gasteiger partial charge in [-0.2, -0.15) is 0 Å². The first-order valence-electron chi connectivity index (χ1n) is 9.04. The molecule has 0 spiro atoms. The molecule has 4 rings (SSSR count). The van der Waals surface area contributed by atoms with Crippen LogP contribution in [0.3, 0.4) is 0 Å². The Labute approximate surface area is 155 Å². The summed E-state index contributed by atoms with van der Waals surface area (Å²) in [5.74, 6) is 0.817. The van der Waals surface area contributed by atoms with Gasteiger partial charge in [0, 0.05) is 24.1 Å². The summed E-state index contributed by atoms with van der Waals surface area (Å²) < 4.78 is 18.3. The van der Waals surface area contributed by atoms with Crippen LogP contribution in [-0.2, 0) is 15.9 Å². The van der Waals surface area contributed by atoms with Gasteiger partial charge in [0.1, 0.15) is 12.4 Å². The number of ether oxygens (including phenoxy) is 1. The first-order valence-corrected chi connectivity index (χ1v) is 9.04. The van der Waals surface area contributed by atoms with Gasteiger partial charge < -0.3 is 14.0 Å². The molecule has 0 aliphatic carbocycles. The SMILES string of the molecule is CC1(C)COB(c2c(OCc3ccccc3)ccc3ccccc23)OC1. The second-order valence-corrected chi connectivity index (χ2v) is 7.59. The molecule has 0 radical (unpaired) electrons. The van der Waals surface area contributed by atoms with Crippen LogP contribution in [0, 0.1) is 5.41 Å². The Morgan fingerprint density at radius 3 is 2.35 bits per heavy atom. The van der Waals surface area contributed by atoms with Crippen LogP contribution in [0.4, 0.5) is 0 Å². The van der Waals surface area contributed by atoms with Crippen molar-refractivity contribution in [1.82, 2.24) is 0 Å². The van der Waals surface area contributed by atoms with Crippen molar-refractivity contribution in [2.24, 2.45) is 5.41 Å². The van der Waals surface area contributed by atoms with E-state index >= 15 is 0 Å². The average Bonchev–Trinajstić information content (AvgIpc) is 2.67. The van der Waals surface area contributed by atoms with Gasteiger partial charge in [0.2, 0.25) is 0 Å². The fraction of sp³-hybridized carbons (Fsp3) is 0.273. The number of hydrogen-bond acceptors (Lipinski definition) is 3. The lowest BCUT2D eigenvalue weighted by Crippen LogP contribution is -2.48. The molecule has 1 saturated heterocycles. The lowest BCUT2D eigenvalue weighted by molar-refractivity contribution is 0.0342. The molecule has 0 atom stereocenters. The lowest BCUT2D eigenvalue weighted by Gasteiger charge is -2.34. The maximum atomic E-state index is 6.18. The highest BCUT2D eigenvalue weighted by Gasteiger charge is 2.36. The third kappa shape index (κ3) is 3.62. The molecule has 0 unspecified atom stereocenters. The number of fused-ring (bicyclic) bond motifs is 1. The van der Waals surface area contributed by atoms with Crippen LogP contribution in [0.1, 0.15) is 19.4 Å². The summed E-state index contributed by atoms with van der Waals surface area (Å²) in [5, 5.41) is 2.27. The summed E-state index contributed by atoms with van der Waals surface area (Å²) in [7, 11) is -0.403. The van der Waals surface area contributed by atoms with Crippen LogP contribution in [-0.4, -0.2) is 20.3 Å². The maximum Gasteiger partial charge on any atom is 0.498 e. The van der Waals surface area contributed by atoms with Crippen LogP contribution >= 0.6 is 0 Å². The van der Waals surface area contributed by atoms with Crippen molar-refractivity contribution in [3.05, 3.63) is 72.3 Å². The van der Waals surface area contributed by atoms with Gasteiger partial charge in [-0.05, 0) is 22.4 Å². The van der Waals surface area contributed by atoms with Gasteiger partial charge in [-0.15, -0.1) is 0 Å². The van der Waals surface area contributed by atoms with Crippen molar-refractivity contribution in [2.45, 2.75) is 20.5 Å². The molecule has 132 valence electrons. The molecular weight excluding hydrogens is 323 g/mol. The first-order chi connectivity index (χ1) is 12.6. The Hall–Kier alpha value is -2.30. The number of hydrogen-bond donors (Lipinski definition) is 0. The molecule has 0 N–H and O–H groups in total. The molecule has 0 bridgehead atoms. The Bertz CT molecular complexity index is 882. The van der Waals surface area contributed by atoms with Gasteiger partial charge in [-0.3, -0.25) is 0 Å². The van der Waals surface area contributed by atoms with Crippen molar-refractivity contribution >= 4 is 23.4 Å². The highest BCUT2D eigenvalue weighted by Crippen LogP contribution is 2.26. The van der Waals surface area contributed by atoms with Gasteiger partial charge in [0.25, 0.3) is 0 Å². The topological polar surface area (TPSA) is 27.7 Å². The van der Waals surface area contributed by atoms with E-state index in [0.29, 0.717) is 19.8 Å². The van der Waals surface area contributed by atoms with Crippen LogP contribution in [0.25, 0.3) is 10.8 Å². The fourth-order valence-electron chi connectivity index (χ4n) is 3.24. The second kappa shape index (κ2) is 7.14. The third-order valence-corrected chi connectivity index (χ3v) is 4.65. The molecule has 3 aromatic rings. The first kappa shape index (κ1) is 17.1. The lowest BCUT2D eigenvalue weighted by atomic mass is 9.73. The quantitative estimate of drug-likeness (QED) is 0.663.